The standard InChI is InChI=1S/C15H19N5O/c1-2-3-7-17-14-11-18-13(10-19-14)15(21)20-9-12-6-4-5-8-16-12/h4-6,8,10-11H,2-3,7,9H2,1H3,(H,17,19)(H,20,21). The fourth-order valence-electron chi connectivity index (χ4n) is 1.69. The van der Waals surface area contributed by atoms with Gasteiger partial charge in [-0.05, 0) is 18.6 Å². The van der Waals surface area contributed by atoms with E-state index in [1.165, 1.54) is 6.20 Å². The van der Waals surface area contributed by atoms with Crippen LogP contribution in [0, 0.1) is 0 Å². The number of nitrogens with one attached hydrogen (secondary N) is 2. The molecular weight excluding hydrogens is 266 g/mol. The van der Waals surface area contributed by atoms with Crippen LogP contribution in [-0.4, -0.2) is 27.4 Å². The number of carbonyl (C=O) groups is 1. The van der Waals surface area contributed by atoms with Crippen molar-refractivity contribution in [3.8, 4) is 0 Å². The summed E-state index contributed by atoms with van der Waals surface area (Å²) < 4.78 is 0. The summed E-state index contributed by atoms with van der Waals surface area (Å²) in [7, 11) is 0. The number of anilines is 1. The first kappa shape index (κ1) is 14.9. The number of unbranched alkanes of at least 4 members (excludes halogenated alkanes) is 1. The van der Waals surface area contributed by atoms with Crippen LogP contribution in [0.4, 0.5) is 5.82 Å². The zero-order chi connectivity index (χ0) is 14.9. The molecule has 2 aromatic rings. The third kappa shape index (κ3) is 4.83. The minimum Gasteiger partial charge on any atom is -0.369 e. The van der Waals surface area contributed by atoms with E-state index in [0.29, 0.717) is 18.1 Å². The molecule has 0 saturated heterocycles. The molecule has 0 aromatic carbocycles. The van der Waals surface area contributed by atoms with E-state index in [0.717, 1.165) is 25.1 Å². The van der Waals surface area contributed by atoms with E-state index in [1.54, 1.807) is 12.4 Å². The lowest BCUT2D eigenvalue weighted by Gasteiger charge is -2.06. The molecule has 0 atom stereocenters. The second kappa shape index (κ2) is 7.94. The number of carbonyl (C=O) groups excluding carboxylic acids is 1. The fraction of sp³-hybridized carbons (Fsp3) is 0.333. The molecule has 0 radical (unpaired) electrons. The van der Waals surface area contributed by atoms with Crippen LogP contribution in [0.2, 0.25) is 0 Å². The Morgan fingerprint density at radius 3 is 2.76 bits per heavy atom. The molecule has 0 fully saturated rings. The molecule has 6 nitrogen and oxygen atoms in total. The maximum Gasteiger partial charge on any atom is 0.271 e. The molecule has 21 heavy (non-hydrogen) atoms. The largest absolute Gasteiger partial charge is 0.369 e. The van der Waals surface area contributed by atoms with Crippen molar-refractivity contribution >= 4 is 11.7 Å². The van der Waals surface area contributed by atoms with Gasteiger partial charge in [-0.1, -0.05) is 19.4 Å². The van der Waals surface area contributed by atoms with Gasteiger partial charge in [0.25, 0.3) is 5.91 Å². The average molecular weight is 285 g/mol. The number of rotatable bonds is 7. The zero-order valence-corrected chi connectivity index (χ0v) is 12.0. The van der Waals surface area contributed by atoms with Crippen molar-refractivity contribution in [1.82, 2.24) is 20.3 Å². The van der Waals surface area contributed by atoms with E-state index in [4.69, 9.17) is 0 Å². The smallest absolute Gasteiger partial charge is 0.271 e. The van der Waals surface area contributed by atoms with Crippen LogP contribution < -0.4 is 10.6 Å². The predicted molar refractivity (Wildman–Crippen MR) is 80.8 cm³/mol. The number of hydrogen-bond acceptors (Lipinski definition) is 5. The number of nitrogens with zero attached hydrogens (tertiary/aromatic N) is 3. The minimum atomic E-state index is -0.256. The molecule has 2 heterocycles. The number of amides is 1. The Morgan fingerprint density at radius 2 is 2.10 bits per heavy atom. The van der Waals surface area contributed by atoms with Crippen molar-refractivity contribution in [2.24, 2.45) is 0 Å². The van der Waals surface area contributed by atoms with Gasteiger partial charge in [-0.15, -0.1) is 0 Å². The highest BCUT2D eigenvalue weighted by molar-refractivity contribution is 5.91. The highest BCUT2D eigenvalue weighted by Gasteiger charge is 2.07. The Labute approximate surface area is 124 Å². The molecule has 6 heteroatoms. The van der Waals surface area contributed by atoms with Gasteiger partial charge in [0.1, 0.15) is 11.5 Å². The molecule has 0 aliphatic carbocycles. The SMILES string of the molecule is CCCCNc1cnc(C(=O)NCc2ccccn2)cn1. The van der Waals surface area contributed by atoms with E-state index < -0.39 is 0 Å². The summed E-state index contributed by atoms with van der Waals surface area (Å²) in [5, 5.41) is 5.92. The Morgan fingerprint density at radius 1 is 1.19 bits per heavy atom. The molecule has 1 amide bonds. The van der Waals surface area contributed by atoms with Gasteiger partial charge in [0.05, 0.1) is 24.6 Å². The van der Waals surface area contributed by atoms with E-state index in [9.17, 15) is 4.79 Å². The van der Waals surface area contributed by atoms with E-state index in [2.05, 4.69) is 32.5 Å². The molecule has 0 saturated carbocycles. The summed E-state index contributed by atoms with van der Waals surface area (Å²) in [5.41, 5.74) is 1.10. The van der Waals surface area contributed by atoms with Crippen molar-refractivity contribution in [2.45, 2.75) is 26.3 Å². The highest BCUT2D eigenvalue weighted by atomic mass is 16.1. The lowest BCUT2D eigenvalue weighted by Crippen LogP contribution is -2.24. The van der Waals surface area contributed by atoms with Crippen LogP contribution in [0.3, 0.4) is 0 Å². The van der Waals surface area contributed by atoms with Gasteiger partial charge in [-0.2, -0.15) is 0 Å². The summed E-state index contributed by atoms with van der Waals surface area (Å²) in [6.07, 6.45) is 6.94. The Bertz CT molecular complexity index is 556. The van der Waals surface area contributed by atoms with Crippen molar-refractivity contribution in [3.05, 3.63) is 48.2 Å². The van der Waals surface area contributed by atoms with Crippen molar-refractivity contribution < 1.29 is 4.79 Å². The molecule has 110 valence electrons. The van der Waals surface area contributed by atoms with Crippen LogP contribution in [0.15, 0.2) is 36.8 Å². The first-order valence-electron chi connectivity index (χ1n) is 7.03. The summed E-state index contributed by atoms with van der Waals surface area (Å²) in [4.78, 5) is 24.4. The minimum absolute atomic E-state index is 0.256. The fourth-order valence-corrected chi connectivity index (χ4v) is 1.69. The van der Waals surface area contributed by atoms with Crippen molar-refractivity contribution in [1.29, 1.82) is 0 Å². The van der Waals surface area contributed by atoms with E-state index >= 15 is 0 Å². The third-order valence-corrected chi connectivity index (χ3v) is 2.88. The number of hydrogen-bond donors (Lipinski definition) is 2. The predicted octanol–water partition coefficient (Wildman–Crippen LogP) is 2.01. The molecule has 2 N–H and O–H groups in total. The van der Waals surface area contributed by atoms with Crippen LogP contribution in [0.1, 0.15) is 35.9 Å². The van der Waals surface area contributed by atoms with Gasteiger partial charge in [0.15, 0.2) is 0 Å². The Kier molecular flexibility index (Phi) is 5.63. The van der Waals surface area contributed by atoms with Crippen molar-refractivity contribution in [2.75, 3.05) is 11.9 Å². The van der Waals surface area contributed by atoms with Gasteiger partial charge in [0, 0.05) is 12.7 Å². The molecule has 0 aliphatic heterocycles. The summed E-state index contributed by atoms with van der Waals surface area (Å²) in [6, 6.07) is 5.57. The number of aromatic nitrogens is 3. The topological polar surface area (TPSA) is 79.8 Å². The maximum atomic E-state index is 11.9. The third-order valence-electron chi connectivity index (χ3n) is 2.88. The van der Waals surface area contributed by atoms with Crippen LogP contribution in [-0.2, 0) is 6.54 Å². The van der Waals surface area contributed by atoms with Gasteiger partial charge < -0.3 is 10.6 Å². The first-order chi connectivity index (χ1) is 10.3. The van der Waals surface area contributed by atoms with E-state index in [-0.39, 0.29) is 5.91 Å². The Hall–Kier alpha value is -2.50. The van der Waals surface area contributed by atoms with Gasteiger partial charge in [-0.3, -0.25) is 9.78 Å². The van der Waals surface area contributed by atoms with E-state index in [1.807, 2.05) is 18.2 Å². The molecule has 2 rings (SSSR count). The van der Waals surface area contributed by atoms with Crippen LogP contribution in [0.25, 0.3) is 0 Å². The van der Waals surface area contributed by atoms with Gasteiger partial charge in [0.2, 0.25) is 0 Å². The second-order valence-electron chi connectivity index (χ2n) is 4.57. The number of pyridine rings is 1. The second-order valence-corrected chi connectivity index (χ2v) is 4.57. The van der Waals surface area contributed by atoms with Gasteiger partial charge in [-0.25, -0.2) is 9.97 Å². The maximum absolute atomic E-state index is 11.9. The molecule has 0 spiro atoms. The molecule has 0 bridgehead atoms. The lowest BCUT2D eigenvalue weighted by molar-refractivity contribution is 0.0945. The summed E-state index contributed by atoms with van der Waals surface area (Å²) >= 11 is 0. The molecular formula is C15H19N5O. The molecule has 0 unspecified atom stereocenters. The molecule has 0 aliphatic rings. The quantitative estimate of drug-likeness (QED) is 0.761. The molecule has 2 aromatic heterocycles. The Balaban J connectivity index is 1.85. The first-order valence-corrected chi connectivity index (χ1v) is 7.03. The monoisotopic (exact) mass is 285 g/mol. The lowest BCUT2D eigenvalue weighted by atomic mass is 10.3. The van der Waals surface area contributed by atoms with Gasteiger partial charge >= 0.3 is 0 Å². The van der Waals surface area contributed by atoms with Crippen LogP contribution in [0.5, 0.6) is 0 Å². The zero-order valence-electron chi connectivity index (χ0n) is 12.0. The summed E-state index contributed by atoms with van der Waals surface area (Å²) in [5.74, 6) is 0.429. The van der Waals surface area contributed by atoms with Crippen molar-refractivity contribution in [3.63, 3.8) is 0 Å². The normalized spacial score (nSPS) is 10.1. The van der Waals surface area contributed by atoms with Crippen LogP contribution >= 0.6 is 0 Å². The summed E-state index contributed by atoms with van der Waals surface area (Å²) in [6.45, 7) is 3.36. The highest BCUT2D eigenvalue weighted by Crippen LogP contribution is 2.02. The average Bonchev–Trinajstić information content (AvgIpc) is 2.54.